The van der Waals surface area contributed by atoms with Crippen LogP contribution in [-0.2, 0) is 0 Å². The molecule has 1 aliphatic heterocycles. The second kappa shape index (κ2) is 4.34. The van der Waals surface area contributed by atoms with Crippen LogP contribution in [0.4, 0.5) is 0 Å². The van der Waals surface area contributed by atoms with Gasteiger partial charge in [0.05, 0.1) is 11.6 Å². The van der Waals surface area contributed by atoms with Gasteiger partial charge in [0.1, 0.15) is 17.5 Å². The van der Waals surface area contributed by atoms with Gasteiger partial charge in [0.15, 0.2) is 0 Å². The van der Waals surface area contributed by atoms with Gasteiger partial charge in [0.25, 0.3) is 5.91 Å². The molecule has 0 bridgehead atoms. The van der Waals surface area contributed by atoms with Crippen molar-refractivity contribution in [3.63, 3.8) is 0 Å². The molecule has 0 radical (unpaired) electrons. The van der Waals surface area contributed by atoms with Crippen LogP contribution in [0.5, 0.6) is 11.5 Å². The predicted octanol–water partition coefficient (Wildman–Crippen LogP) is 1.23. The molecule has 1 aromatic rings. The first-order chi connectivity index (χ1) is 8.13. The molecule has 1 atom stereocenters. The molecule has 1 fully saturated rings. The zero-order valence-electron chi connectivity index (χ0n) is 9.13. The Morgan fingerprint density at radius 2 is 2.24 bits per heavy atom. The van der Waals surface area contributed by atoms with Gasteiger partial charge in [-0.2, -0.15) is 5.26 Å². The highest BCUT2D eigenvalue weighted by Crippen LogP contribution is 2.26. The van der Waals surface area contributed by atoms with Gasteiger partial charge in [0, 0.05) is 12.6 Å². The number of aromatic hydroxyl groups is 2. The maximum absolute atomic E-state index is 12.1. The van der Waals surface area contributed by atoms with Crippen LogP contribution >= 0.6 is 0 Å². The summed E-state index contributed by atoms with van der Waals surface area (Å²) in [6, 6.07) is 5.46. The molecule has 1 heterocycles. The van der Waals surface area contributed by atoms with E-state index in [4.69, 9.17) is 10.4 Å². The number of phenolic OH excluding ortho intramolecular Hbond substituents is 2. The Morgan fingerprint density at radius 1 is 1.47 bits per heavy atom. The summed E-state index contributed by atoms with van der Waals surface area (Å²) in [6.45, 7) is 0.525. The number of phenols is 2. The summed E-state index contributed by atoms with van der Waals surface area (Å²) in [6.07, 6.45) is 1.46. The fourth-order valence-electron chi connectivity index (χ4n) is 2.00. The summed E-state index contributed by atoms with van der Waals surface area (Å²) in [4.78, 5) is 13.5. The Balaban J connectivity index is 2.28. The van der Waals surface area contributed by atoms with Crippen molar-refractivity contribution in [2.24, 2.45) is 0 Å². The standard InChI is InChI=1S/C12H12N2O3/c13-7-8-2-1-5-14(8)12(17)10-4-3-9(15)6-11(10)16/h3-4,6,8,15-16H,1-2,5H2. The van der Waals surface area contributed by atoms with Crippen LogP contribution in [-0.4, -0.2) is 33.6 Å². The summed E-state index contributed by atoms with van der Waals surface area (Å²) in [5, 5.41) is 27.6. The molecule has 0 saturated carbocycles. The van der Waals surface area contributed by atoms with Crippen LogP contribution in [0.2, 0.25) is 0 Å². The number of nitriles is 1. The number of nitrogens with zero attached hydrogens (tertiary/aromatic N) is 2. The molecule has 2 N–H and O–H groups in total. The lowest BCUT2D eigenvalue weighted by Crippen LogP contribution is -2.34. The molecule has 1 amide bonds. The van der Waals surface area contributed by atoms with Crippen molar-refractivity contribution in [2.45, 2.75) is 18.9 Å². The topological polar surface area (TPSA) is 84.6 Å². The fourth-order valence-corrected chi connectivity index (χ4v) is 2.00. The third-order valence-corrected chi connectivity index (χ3v) is 2.87. The molecule has 2 rings (SSSR count). The van der Waals surface area contributed by atoms with E-state index in [0.717, 1.165) is 12.5 Å². The van der Waals surface area contributed by atoms with Crippen molar-refractivity contribution in [2.75, 3.05) is 6.54 Å². The van der Waals surface area contributed by atoms with Gasteiger partial charge in [0.2, 0.25) is 0 Å². The molecule has 5 heteroatoms. The average molecular weight is 232 g/mol. The minimum absolute atomic E-state index is 0.0997. The lowest BCUT2D eigenvalue weighted by atomic mass is 10.1. The van der Waals surface area contributed by atoms with E-state index < -0.39 is 6.04 Å². The number of hydrogen-bond donors (Lipinski definition) is 2. The number of carbonyl (C=O) groups is 1. The van der Waals surface area contributed by atoms with Crippen molar-refractivity contribution in [3.05, 3.63) is 23.8 Å². The van der Waals surface area contributed by atoms with Crippen LogP contribution in [0.15, 0.2) is 18.2 Å². The Morgan fingerprint density at radius 3 is 2.88 bits per heavy atom. The maximum atomic E-state index is 12.1. The van der Waals surface area contributed by atoms with E-state index in [1.807, 2.05) is 0 Å². The largest absolute Gasteiger partial charge is 0.508 e. The Bertz CT molecular complexity index is 493. The van der Waals surface area contributed by atoms with Crippen LogP contribution < -0.4 is 0 Å². The van der Waals surface area contributed by atoms with Crippen molar-refractivity contribution in [3.8, 4) is 17.6 Å². The van der Waals surface area contributed by atoms with Gasteiger partial charge in [-0.3, -0.25) is 4.79 Å². The number of likely N-dealkylation sites (tertiary alicyclic amines) is 1. The number of carbonyl (C=O) groups excluding carboxylic acids is 1. The number of hydrogen-bond acceptors (Lipinski definition) is 4. The van der Waals surface area contributed by atoms with Gasteiger partial charge >= 0.3 is 0 Å². The highest BCUT2D eigenvalue weighted by atomic mass is 16.3. The van der Waals surface area contributed by atoms with E-state index >= 15 is 0 Å². The van der Waals surface area contributed by atoms with Gasteiger partial charge in [-0.15, -0.1) is 0 Å². The second-order valence-corrected chi connectivity index (χ2v) is 3.99. The van der Waals surface area contributed by atoms with Crippen LogP contribution in [0.3, 0.4) is 0 Å². The third-order valence-electron chi connectivity index (χ3n) is 2.87. The fraction of sp³-hybridized carbons (Fsp3) is 0.333. The van der Waals surface area contributed by atoms with Crippen molar-refractivity contribution >= 4 is 5.91 Å². The second-order valence-electron chi connectivity index (χ2n) is 3.99. The highest BCUT2D eigenvalue weighted by Gasteiger charge is 2.30. The highest BCUT2D eigenvalue weighted by molar-refractivity contribution is 5.97. The molecule has 1 aromatic carbocycles. The molecule has 0 aromatic heterocycles. The van der Waals surface area contributed by atoms with E-state index in [-0.39, 0.29) is 23.0 Å². The van der Waals surface area contributed by atoms with Crippen molar-refractivity contribution < 1.29 is 15.0 Å². The quantitative estimate of drug-likeness (QED) is 0.762. The number of rotatable bonds is 1. The third kappa shape index (κ3) is 2.02. The maximum Gasteiger partial charge on any atom is 0.258 e. The Hall–Kier alpha value is -2.22. The summed E-state index contributed by atoms with van der Waals surface area (Å²) in [5.74, 6) is -0.734. The molecule has 1 unspecified atom stereocenters. The summed E-state index contributed by atoms with van der Waals surface area (Å²) in [5.41, 5.74) is 0.116. The Labute approximate surface area is 98.5 Å². The van der Waals surface area contributed by atoms with Crippen LogP contribution in [0, 0.1) is 11.3 Å². The summed E-state index contributed by atoms with van der Waals surface area (Å²) < 4.78 is 0. The molecule has 5 nitrogen and oxygen atoms in total. The zero-order valence-corrected chi connectivity index (χ0v) is 9.13. The zero-order chi connectivity index (χ0) is 12.4. The Kier molecular flexibility index (Phi) is 2.88. The van der Waals surface area contributed by atoms with Crippen LogP contribution in [0.1, 0.15) is 23.2 Å². The van der Waals surface area contributed by atoms with Gasteiger partial charge in [-0.1, -0.05) is 0 Å². The summed E-state index contributed by atoms with van der Waals surface area (Å²) >= 11 is 0. The van der Waals surface area contributed by atoms with E-state index in [0.29, 0.717) is 13.0 Å². The van der Waals surface area contributed by atoms with Gasteiger partial charge < -0.3 is 15.1 Å². The lowest BCUT2D eigenvalue weighted by molar-refractivity contribution is 0.0762. The molecular weight excluding hydrogens is 220 g/mol. The first-order valence-corrected chi connectivity index (χ1v) is 5.36. The monoisotopic (exact) mass is 232 g/mol. The number of amides is 1. The van der Waals surface area contributed by atoms with Gasteiger partial charge in [-0.25, -0.2) is 0 Å². The van der Waals surface area contributed by atoms with Crippen LogP contribution in [0.25, 0.3) is 0 Å². The molecular formula is C12H12N2O3. The number of benzene rings is 1. The first-order valence-electron chi connectivity index (χ1n) is 5.36. The summed E-state index contributed by atoms with van der Waals surface area (Å²) in [7, 11) is 0. The molecule has 0 spiro atoms. The van der Waals surface area contributed by atoms with E-state index in [1.54, 1.807) is 0 Å². The molecule has 17 heavy (non-hydrogen) atoms. The molecule has 88 valence electrons. The van der Waals surface area contributed by atoms with E-state index in [2.05, 4.69) is 6.07 Å². The minimum atomic E-state index is -0.421. The normalized spacial score (nSPS) is 19.0. The van der Waals surface area contributed by atoms with E-state index in [9.17, 15) is 9.90 Å². The smallest absolute Gasteiger partial charge is 0.258 e. The van der Waals surface area contributed by atoms with Crippen molar-refractivity contribution in [1.82, 2.24) is 4.90 Å². The van der Waals surface area contributed by atoms with E-state index in [1.165, 1.54) is 17.0 Å². The lowest BCUT2D eigenvalue weighted by Gasteiger charge is -2.19. The predicted molar refractivity (Wildman–Crippen MR) is 59.4 cm³/mol. The van der Waals surface area contributed by atoms with Gasteiger partial charge in [-0.05, 0) is 25.0 Å². The minimum Gasteiger partial charge on any atom is -0.508 e. The average Bonchev–Trinajstić information content (AvgIpc) is 2.76. The molecule has 1 saturated heterocycles. The molecule has 1 aliphatic rings. The SMILES string of the molecule is N#CC1CCCN1C(=O)c1ccc(O)cc1O. The molecule has 0 aliphatic carbocycles. The first kappa shape index (κ1) is 11.3. The van der Waals surface area contributed by atoms with Crippen molar-refractivity contribution in [1.29, 1.82) is 5.26 Å².